The minimum absolute atomic E-state index is 0.457. The predicted molar refractivity (Wildman–Crippen MR) is 75.5 cm³/mol. The molecular formula is C15H23NO3. The van der Waals surface area contributed by atoms with E-state index in [0.29, 0.717) is 13.0 Å². The van der Waals surface area contributed by atoms with E-state index >= 15 is 0 Å². The second kappa shape index (κ2) is 6.57. The second-order valence-corrected chi connectivity index (χ2v) is 5.25. The molecule has 106 valence electrons. The van der Waals surface area contributed by atoms with Crippen molar-refractivity contribution in [3.63, 3.8) is 0 Å². The van der Waals surface area contributed by atoms with Gasteiger partial charge in [0.1, 0.15) is 11.3 Å². The highest BCUT2D eigenvalue weighted by molar-refractivity contribution is 5.77. The van der Waals surface area contributed by atoms with Crippen LogP contribution in [0.3, 0.4) is 0 Å². The predicted octanol–water partition coefficient (Wildman–Crippen LogP) is 2.65. The zero-order valence-electron chi connectivity index (χ0n) is 11.9. The maximum atomic E-state index is 10.8. The summed E-state index contributed by atoms with van der Waals surface area (Å²) in [6, 6.07) is 6.04. The molecule has 1 aromatic rings. The molecule has 0 amide bonds. The van der Waals surface area contributed by atoms with Crippen LogP contribution in [0.4, 0.5) is 0 Å². The number of ether oxygens (including phenoxy) is 1. The van der Waals surface area contributed by atoms with Crippen molar-refractivity contribution in [1.82, 2.24) is 0 Å². The first-order valence-electron chi connectivity index (χ1n) is 6.56. The van der Waals surface area contributed by atoms with E-state index in [9.17, 15) is 4.79 Å². The number of aliphatic carboxylic acids is 1. The smallest absolute Gasteiger partial charge is 0.323 e. The van der Waals surface area contributed by atoms with Gasteiger partial charge in [-0.15, -0.1) is 0 Å². The Morgan fingerprint density at radius 3 is 2.42 bits per heavy atom. The first-order chi connectivity index (χ1) is 8.84. The Morgan fingerprint density at radius 2 is 1.89 bits per heavy atom. The van der Waals surface area contributed by atoms with Crippen LogP contribution in [-0.2, 0) is 4.79 Å². The quantitative estimate of drug-likeness (QED) is 0.743. The van der Waals surface area contributed by atoms with Crippen LogP contribution in [-0.4, -0.2) is 23.2 Å². The number of nitrogens with two attached hydrogens (primary N) is 1. The Kier molecular flexibility index (Phi) is 5.36. The van der Waals surface area contributed by atoms with Gasteiger partial charge in [-0.2, -0.15) is 0 Å². The first kappa shape index (κ1) is 15.5. The lowest BCUT2D eigenvalue weighted by atomic mass is 9.96. The van der Waals surface area contributed by atoms with Gasteiger partial charge >= 0.3 is 5.97 Å². The van der Waals surface area contributed by atoms with Crippen molar-refractivity contribution >= 4 is 5.97 Å². The Bertz CT molecular complexity index is 421. The van der Waals surface area contributed by atoms with Gasteiger partial charge in [-0.3, -0.25) is 4.79 Å². The highest BCUT2D eigenvalue weighted by Crippen LogP contribution is 2.22. The molecule has 3 N–H and O–H groups in total. The molecule has 0 fully saturated rings. The summed E-state index contributed by atoms with van der Waals surface area (Å²) in [4.78, 5) is 10.8. The maximum Gasteiger partial charge on any atom is 0.323 e. The average Bonchev–Trinajstić information content (AvgIpc) is 2.31. The van der Waals surface area contributed by atoms with Crippen molar-refractivity contribution in [1.29, 1.82) is 0 Å². The topological polar surface area (TPSA) is 72.5 Å². The molecule has 19 heavy (non-hydrogen) atoms. The number of rotatable bonds is 7. The van der Waals surface area contributed by atoms with Gasteiger partial charge in [0.15, 0.2) is 0 Å². The standard InChI is InChI=1S/C15H23NO3/c1-11-7-6-8-12(2)13(11)19-10-5-4-9-15(3,16)14(17)18/h6-8H,4-5,9-10,16H2,1-3H3,(H,17,18). The number of carboxylic acids is 1. The lowest BCUT2D eigenvalue weighted by Crippen LogP contribution is -2.44. The number of hydrogen-bond donors (Lipinski definition) is 2. The molecule has 0 aromatic heterocycles. The van der Waals surface area contributed by atoms with Gasteiger partial charge in [0.25, 0.3) is 0 Å². The molecule has 0 aliphatic rings. The summed E-state index contributed by atoms with van der Waals surface area (Å²) in [5.74, 6) is -0.0283. The third-order valence-electron chi connectivity index (χ3n) is 3.23. The zero-order chi connectivity index (χ0) is 14.5. The second-order valence-electron chi connectivity index (χ2n) is 5.25. The number of unbranched alkanes of at least 4 members (excludes halogenated alkanes) is 1. The molecule has 0 spiro atoms. The van der Waals surface area contributed by atoms with E-state index in [2.05, 4.69) is 0 Å². The molecule has 4 heteroatoms. The Morgan fingerprint density at radius 1 is 1.32 bits per heavy atom. The Balaban J connectivity index is 2.34. The van der Waals surface area contributed by atoms with Crippen LogP contribution in [0.1, 0.15) is 37.3 Å². The van der Waals surface area contributed by atoms with E-state index in [0.717, 1.165) is 29.7 Å². The average molecular weight is 265 g/mol. The Labute approximate surface area is 114 Å². The monoisotopic (exact) mass is 265 g/mol. The minimum atomic E-state index is -1.14. The number of aryl methyl sites for hydroxylation is 2. The molecule has 1 atom stereocenters. The fraction of sp³-hybridized carbons (Fsp3) is 0.533. The van der Waals surface area contributed by atoms with Crippen LogP contribution in [0.2, 0.25) is 0 Å². The SMILES string of the molecule is Cc1cccc(C)c1OCCCCC(C)(N)C(=O)O. The summed E-state index contributed by atoms with van der Waals surface area (Å²) in [6.07, 6.45) is 2.00. The maximum absolute atomic E-state index is 10.8. The summed E-state index contributed by atoms with van der Waals surface area (Å²) >= 11 is 0. The molecule has 0 aliphatic carbocycles. The summed E-state index contributed by atoms with van der Waals surface area (Å²) in [5.41, 5.74) is 6.76. The highest BCUT2D eigenvalue weighted by atomic mass is 16.5. The molecule has 0 bridgehead atoms. The van der Waals surface area contributed by atoms with Gasteiger partial charge in [0.05, 0.1) is 6.61 Å². The van der Waals surface area contributed by atoms with E-state index in [-0.39, 0.29) is 0 Å². The van der Waals surface area contributed by atoms with Crippen molar-refractivity contribution in [2.45, 2.75) is 45.6 Å². The molecule has 0 saturated carbocycles. The lowest BCUT2D eigenvalue weighted by Gasteiger charge is -2.19. The van der Waals surface area contributed by atoms with E-state index < -0.39 is 11.5 Å². The van der Waals surface area contributed by atoms with Crippen LogP contribution < -0.4 is 10.5 Å². The van der Waals surface area contributed by atoms with Gasteiger partial charge in [-0.1, -0.05) is 18.2 Å². The van der Waals surface area contributed by atoms with E-state index in [1.807, 2.05) is 32.0 Å². The van der Waals surface area contributed by atoms with Gasteiger partial charge in [-0.25, -0.2) is 0 Å². The van der Waals surface area contributed by atoms with Crippen molar-refractivity contribution in [3.05, 3.63) is 29.3 Å². The molecule has 0 saturated heterocycles. The fourth-order valence-electron chi connectivity index (χ4n) is 1.90. The van der Waals surface area contributed by atoms with Crippen LogP contribution >= 0.6 is 0 Å². The van der Waals surface area contributed by atoms with Crippen molar-refractivity contribution in [3.8, 4) is 5.75 Å². The lowest BCUT2D eigenvalue weighted by molar-refractivity contribution is -0.142. The molecule has 1 aromatic carbocycles. The third kappa shape index (κ3) is 4.56. The number of para-hydroxylation sites is 1. The molecule has 1 unspecified atom stereocenters. The third-order valence-corrected chi connectivity index (χ3v) is 3.23. The van der Waals surface area contributed by atoms with Gasteiger partial charge in [-0.05, 0) is 51.2 Å². The number of carbonyl (C=O) groups is 1. The van der Waals surface area contributed by atoms with Crippen LogP contribution in [0.25, 0.3) is 0 Å². The number of carboxylic acid groups (broad SMARTS) is 1. The van der Waals surface area contributed by atoms with Gasteiger partial charge < -0.3 is 15.6 Å². The summed E-state index contributed by atoms with van der Waals surface area (Å²) in [7, 11) is 0. The summed E-state index contributed by atoms with van der Waals surface area (Å²) in [6.45, 7) is 6.16. The van der Waals surface area contributed by atoms with E-state index in [1.165, 1.54) is 0 Å². The molecule has 1 rings (SSSR count). The normalized spacial score (nSPS) is 13.9. The summed E-state index contributed by atoms with van der Waals surface area (Å²) < 4.78 is 5.75. The van der Waals surface area contributed by atoms with Crippen molar-refractivity contribution in [2.24, 2.45) is 5.73 Å². The van der Waals surface area contributed by atoms with E-state index in [1.54, 1.807) is 6.92 Å². The zero-order valence-corrected chi connectivity index (χ0v) is 11.9. The highest BCUT2D eigenvalue weighted by Gasteiger charge is 2.26. The van der Waals surface area contributed by atoms with Crippen LogP contribution in [0.15, 0.2) is 18.2 Å². The number of hydrogen-bond acceptors (Lipinski definition) is 3. The number of benzene rings is 1. The molecule has 0 heterocycles. The van der Waals surface area contributed by atoms with Crippen LogP contribution in [0.5, 0.6) is 5.75 Å². The van der Waals surface area contributed by atoms with Crippen molar-refractivity contribution in [2.75, 3.05) is 6.61 Å². The Hall–Kier alpha value is -1.55. The molecule has 4 nitrogen and oxygen atoms in total. The largest absolute Gasteiger partial charge is 0.493 e. The van der Waals surface area contributed by atoms with Crippen molar-refractivity contribution < 1.29 is 14.6 Å². The van der Waals surface area contributed by atoms with Gasteiger partial charge in [0, 0.05) is 0 Å². The first-order valence-corrected chi connectivity index (χ1v) is 6.56. The molecule has 0 radical (unpaired) electrons. The summed E-state index contributed by atoms with van der Waals surface area (Å²) in [5, 5.41) is 8.89. The van der Waals surface area contributed by atoms with E-state index in [4.69, 9.17) is 15.6 Å². The van der Waals surface area contributed by atoms with Gasteiger partial charge in [0.2, 0.25) is 0 Å². The van der Waals surface area contributed by atoms with Crippen LogP contribution in [0, 0.1) is 13.8 Å². The molecule has 0 aliphatic heterocycles. The fourth-order valence-corrected chi connectivity index (χ4v) is 1.90. The molecular weight excluding hydrogens is 242 g/mol. The minimum Gasteiger partial charge on any atom is -0.493 e.